The van der Waals surface area contributed by atoms with Crippen molar-refractivity contribution in [3.63, 3.8) is 0 Å². The van der Waals surface area contributed by atoms with E-state index in [1.807, 2.05) is 10.9 Å². The van der Waals surface area contributed by atoms with Gasteiger partial charge in [0.25, 0.3) is 0 Å². The average molecular weight is 280 g/mol. The molecule has 10 heteroatoms. The second-order valence-corrected chi connectivity index (χ2v) is 4.07. The number of carbonyl (C=O) groups is 1. The molecule has 2 N–H and O–H groups in total. The summed E-state index contributed by atoms with van der Waals surface area (Å²) >= 11 is 0. The Morgan fingerprint density at radius 3 is 2.84 bits per heavy atom. The van der Waals surface area contributed by atoms with E-state index in [0.29, 0.717) is 12.1 Å². The lowest BCUT2D eigenvalue weighted by Gasteiger charge is -2.25. The third-order valence-corrected chi connectivity index (χ3v) is 2.80. The van der Waals surface area contributed by atoms with Crippen molar-refractivity contribution in [2.75, 3.05) is 13.2 Å². The summed E-state index contributed by atoms with van der Waals surface area (Å²) in [6.07, 6.45) is -3.28. The van der Waals surface area contributed by atoms with Gasteiger partial charge in [-0.05, 0) is 0 Å². The molecule has 0 amide bonds. The zero-order chi connectivity index (χ0) is 14.0. The summed E-state index contributed by atoms with van der Waals surface area (Å²) in [6, 6.07) is 0.787. The maximum atomic E-state index is 10.6. The topological polar surface area (TPSA) is 89.3 Å². The number of hydrogen-bond acceptors (Lipinski definition) is 5. The molecule has 0 saturated carbocycles. The molecular weight excluding hydrogens is 269 g/mol. The zero-order valence-electron chi connectivity index (χ0n) is 9.59. The molecular formula is C9H11F3N4O3. The molecule has 2 aliphatic rings. The second kappa shape index (κ2) is 5.13. The molecule has 1 aromatic heterocycles. The van der Waals surface area contributed by atoms with Gasteiger partial charge >= 0.3 is 12.1 Å². The lowest BCUT2D eigenvalue weighted by Crippen LogP contribution is -2.42. The summed E-state index contributed by atoms with van der Waals surface area (Å²) in [5, 5.41) is 18.5. The van der Waals surface area contributed by atoms with Gasteiger partial charge in [-0.3, -0.25) is 0 Å². The van der Waals surface area contributed by atoms with Crippen LogP contribution in [0.1, 0.15) is 11.7 Å². The Morgan fingerprint density at radius 2 is 2.21 bits per heavy atom. The molecule has 0 bridgehead atoms. The van der Waals surface area contributed by atoms with E-state index in [2.05, 4.69) is 15.6 Å². The van der Waals surface area contributed by atoms with Crippen LogP contribution in [0.5, 0.6) is 0 Å². The number of halogens is 3. The molecule has 2 aliphatic heterocycles. The summed E-state index contributed by atoms with van der Waals surface area (Å²) < 4.78 is 39.1. The van der Waals surface area contributed by atoms with Crippen LogP contribution in [0.25, 0.3) is 0 Å². The molecule has 106 valence electrons. The van der Waals surface area contributed by atoms with Gasteiger partial charge in [-0.25, -0.2) is 9.48 Å². The van der Waals surface area contributed by atoms with Crippen LogP contribution < -0.4 is 5.32 Å². The standard InChI is InChI=1S/C7H10N4O.C2HF3O2/c1-5-2-9-10-11(5)7-4-12-3-6(7)8-1;3-2(4,5)1(6)7/h2,6-8H,1,3-4H2;(H,6,7)/t6-,7-;/m1./s1. The summed E-state index contributed by atoms with van der Waals surface area (Å²) in [7, 11) is 0. The summed E-state index contributed by atoms with van der Waals surface area (Å²) in [6.45, 7) is 2.41. The van der Waals surface area contributed by atoms with Gasteiger partial charge in [0.05, 0.1) is 37.2 Å². The lowest BCUT2D eigenvalue weighted by molar-refractivity contribution is -0.192. The van der Waals surface area contributed by atoms with Crippen molar-refractivity contribution in [2.45, 2.75) is 24.8 Å². The number of rotatable bonds is 0. The molecule has 0 spiro atoms. The Hall–Kier alpha value is -1.68. The van der Waals surface area contributed by atoms with E-state index in [-0.39, 0.29) is 0 Å². The van der Waals surface area contributed by atoms with Crippen molar-refractivity contribution in [3.05, 3.63) is 11.9 Å². The van der Waals surface area contributed by atoms with Crippen LogP contribution in [0.2, 0.25) is 0 Å². The molecule has 0 unspecified atom stereocenters. The second-order valence-electron chi connectivity index (χ2n) is 4.07. The Labute approximate surface area is 105 Å². The lowest BCUT2D eigenvalue weighted by atomic mass is 10.1. The minimum Gasteiger partial charge on any atom is -0.475 e. The fourth-order valence-corrected chi connectivity index (χ4v) is 1.89. The highest BCUT2D eigenvalue weighted by atomic mass is 19.4. The highest BCUT2D eigenvalue weighted by molar-refractivity contribution is 5.73. The maximum absolute atomic E-state index is 10.6. The van der Waals surface area contributed by atoms with E-state index in [4.69, 9.17) is 14.6 Å². The molecule has 0 aromatic carbocycles. The van der Waals surface area contributed by atoms with Crippen LogP contribution in [0, 0.1) is 0 Å². The van der Waals surface area contributed by atoms with Crippen LogP contribution in [-0.2, 0) is 16.1 Å². The molecule has 19 heavy (non-hydrogen) atoms. The number of fused-ring (bicyclic) bond motifs is 3. The van der Waals surface area contributed by atoms with Gasteiger partial charge in [0.1, 0.15) is 0 Å². The number of ether oxygens (including phenoxy) is 1. The first-order valence-electron chi connectivity index (χ1n) is 5.40. The van der Waals surface area contributed by atoms with Crippen molar-refractivity contribution in [1.82, 2.24) is 20.3 Å². The minimum atomic E-state index is -5.08. The number of carboxylic acid groups (broad SMARTS) is 1. The first kappa shape index (κ1) is 13.7. The average Bonchev–Trinajstić information content (AvgIpc) is 2.96. The van der Waals surface area contributed by atoms with Gasteiger partial charge in [-0.15, -0.1) is 5.10 Å². The number of aliphatic carboxylic acids is 1. The van der Waals surface area contributed by atoms with Gasteiger partial charge < -0.3 is 15.2 Å². The van der Waals surface area contributed by atoms with E-state index in [1.54, 1.807) is 0 Å². The molecule has 7 nitrogen and oxygen atoms in total. The predicted molar refractivity (Wildman–Crippen MR) is 54.2 cm³/mol. The van der Waals surface area contributed by atoms with Gasteiger partial charge in [0.2, 0.25) is 0 Å². The highest BCUT2D eigenvalue weighted by Gasteiger charge is 2.38. The first-order chi connectivity index (χ1) is 8.89. The Kier molecular flexibility index (Phi) is 3.71. The smallest absolute Gasteiger partial charge is 0.475 e. The van der Waals surface area contributed by atoms with Gasteiger partial charge in [0, 0.05) is 6.54 Å². The number of aromatic nitrogens is 3. The minimum absolute atomic E-state index is 0.358. The predicted octanol–water partition coefficient (Wildman–Crippen LogP) is -0.0455. The Bertz CT molecular complexity index is 462. The molecule has 1 saturated heterocycles. The molecule has 3 rings (SSSR count). The molecule has 1 fully saturated rings. The van der Waals surface area contributed by atoms with Crippen LogP contribution in [0.3, 0.4) is 0 Å². The number of alkyl halides is 3. The molecule has 0 aliphatic carbocycles. The summed E-state index contributed by atoms with van der Waals surface area (Å²) in [5.74, 6) is -2.76. The van der Waals surface area contributed by atoms with E-state index >= 15 is 0 Å². The van der Waals surface area contributed by atoms with Gasteiger partial charge in [-0.2, -0.15) is 13.2 Å². The normalized spacial score (nSPS) is 25.0. The fourth-order valence-electron chi connectivity index (χ4n) is 1.89. The number of nitrogens with one attached hydrogen (secondary N) is 1. The molecule has 2 atom stereocenters. The van der Waals surface area contributed by atoms with E-state index in [1.165, 1.54) is 0 Å². The van der Waals surface area contributed by atoms with Crippen molar-refractivity contribution >= 4 is 5.97 Å². The Balaban J connectivity index is 0.000000167. The third kappa shape index (κ3) is 3.01. The van der Waals surface area contributed by atoms with Crippen LogP contribution >= 0.6 is 0 Å². The zero-order valence-corrected chi connectivity index (χ0v) is 9.59. The van der Waals surface area contributed by atoms with Crippen molar-refractivity contribution in [2.24, 2.45) is 0 Å². The van der Waals surface area contributed by atoms with Crippen molar-refractivity contribution in [1.29, 1.82) is 0 Å². The molecule has 1 aromatic rings. The highest BCUT2D eigenvalue weighted by Crippen LogP contribution is 2.23. The summed E-state index contributed by atoms with van der Waals surface area (Å²) in [4.78, 5) is 8.90. The monoisotopic (exact) mass is 280 g/mol. The van der Waals surface area contributed by atoms with Crippen LogP contribution in [0.4, 0.5) is 13.2 Å². The number of carboxylic acids is 1. The van der Waals surface area contributed by atoms with Crippen LogP contribution in [0.15, 0.2) is 6.20 Å². The number of nitrogens with zero attached hydrogens (tertiary/aromatic N) is 3. The fraction of sp³-hybridized carbons (Fsp3) is 0.667. The van der Waals surface area contributed by atoms with Crippen molar-refractivity contribution < 1.29 is 27.8 Å². The molecule has 0 radical (unpaired) electrons. The third-order valence-electron chi connectivity index (χ3n) is 2.80. The van der Waals surface area contributed by atoms with E-state index in [0.717, 1.165) is 25.5 Å². The van der Waals surface area contributed by atoms with Crippen molar-refractivity contribution in [3.8, 4) is 0 Å². The Morgan fingerprint density at radius 1 is 1.53 bits per heavy atom. The largest absolute Gasteiger partial charge is 0.490 e. The van der Waals surface area contributed by atoms with Gasteiger partial charge in [-0.1, -0.05) is 5.21 Å². The first-order valence-corrected chi connectivity index (χ1v) is 5.40. The summed E-state index contributed by atoms with van der Waals surface area (Å²) in [5.41, 5.74) is 1.15. The quantitative estimate of drug-likeness (QED) is 0.693. The number of hydrogen-bond donors (Lipinski definition) is 2. The van der Waals surface area contributed by atoms with Gasteiger partial charge in [0.15, 0.2) is 0 Å². The molecule has 3 heterocycles. The van der Waals surface area contributed by atoms with E-state index in [9.17, 15) is 13.2 Å². The van der Waals surface area contributed by atoms with Crippen LogP contribution in [-0.4, -0.2) is 51.5 Å². The maximum Gasteiger partial charge on any atom is 0.490 e. The SMILES string of the molecule is O=C(O)C(F)(F)F.c1nnn2c1CN[C@@H]1COC[C@H]12. The van der Waals surface area contributed by atoms with E-state index < -0.39 is 12.1 Å².